The third-order valence-corrected chi connectivity index (χ3v) is 4.11. The van der Waals surface area contributed by atoms with E-state index in [2.05, 4.69) is 10.3 Å². The van der Waals surface area contributed by atoms with Crippen molar-refractivity contribution in [2.45, 2.75) is 37.8 Å². The Bertz CT molecular complexity index is 721. The minimum atomic E-state index is -0.232. The molecule has 1 heterocycles. The molecule has 1 fully saturated rings. The third-order valence-electron chi connectivity index (χ3n) is 4.11. The molecular formula is C16H20ClN3O2. The summed E-state index contributed by atoms with van der Waals surface area (Å²) in [5.74, 6) is -0.224. The molecule has 1 aliphatic rings. The van der Waals surface area contributed by atoms with E-state index in [0.717, 1.165) is 31.1 Å². The standard InChI is InChI=1S/C16H19N3O2.ClH/c17-11-5-7-12(8-6-11)18-16(21)14-9-10-3-1-2-4-13(10)15(20)19-14;/h1-4,9,11-12H,5-8,17H2,(H,18,21)(H,19,20);1H. The number of amides is 1. The van der Waals surface area contributed by atoms with E-state index in [1.165, 1.54) is 0 Å². The zero-order valence-corrected chi connectivity index (χ0v) is 13.0. The molecule has 3 rings (SSSR count). The van der Waals surface area contributed by atoms with Gasteiger partial charge in [0.1, 0.15) is 5.69 Å². The summed E-state index contributed by atoms with van der Waals surface area (Å²) in [6.45, 7) is 0. The number of hydrogen-bond donors (Lipinski definition) is 3. The average Bonchev–Trinajstić information content (AvgIpc) is 2.49. The molecule has 4 N–H and O–H groups in total. The number of H-pyrrole nitrogens is 1. The molecule has 22 heavy (non-hydrogen) atoms. The van der Waals surface area contributed by atoms with Gasteiger partial charge in [-0.05, 0) is 43.2 Å². The second-order valence-corrected chi connectivity index (χ2v) is 5.68. The summed E-state index contributed by atoms with van der Waals surface area (Å²) in [5.41, 5.74) is 5.94. The van der Waals surface area contributed by atoms with E-state index in [-0.39, 0.29) is 36.0 Å². The van der Waals surface area contributed by atoms with Crippen LogP contribution >= 0.6 is 12.4 Å². The van der Waals surface area contributed by atoms with Gasteiger partial charge in [0.15, 0.2) is 0 Å². The van der Waals surface area contributed by atoms with Gasteiger partial charge in [-0.15, -0.1) is 12.4 Å². The molecule has 1 aromatic heterocycles. The number of carbonyl (C=O) groups is 1. The molecule has 6 heteroatoms. The normalized spacial score (nSPS) is 21.1. The quantitative estimate of drug-likeness (QED) is 0.790. The Hall–Kier alpha value is -1.85. The van der Waals surface area contributed by atoms with Crippen LogP contribution in [0, 0.1) is 0 Å². The molecule has 0 aliphatic heterocycles. The smallest absolute Gasteiger partial charge is 0.268 e. The molecular weight excluding hydrogens is 302 g/mol. The molecule has 0 unspecified atom stereocenters. The number of hydrogen-bond acceptors (Lipinski definition) is 3. The number of halogens is 1. The highest BCUT2D eigenvalue weighted by molar-refractivity contribution is 5.96. The van der Waals surface area contributed by atoms with Crippen LogP contribution in [0.4, 0.5) is 0 Å². The summed E-state index contributed by atoms with van der Waals surface area (Å²) in [4.78, 5) is 26.9. The molecule has 0 radical (unpaired) electrons. The van der Waals surface area contributed by atoms with Crippen LogP contribution in [0.1, 0.15) is 36.2 Å². The Balaban J connectivity index is 0.00000176. The highest BCUT2D eigenvalue weighted by Gasteiger charge is 2.21. The Labute approximate surface area is 134 Å². The van der Waals surface area contributed by atoms with Gasteiger partial charge < -0.3 is 16.0 Å². The van der Waals surface area contributed by atoms with E-state index < -0.39 is 0 Å². The fraction of sp³-hybridized carbons (Fsp3) is 0.375. The molecule has 2 aromatic rings. The maximum atomic E-state index is 12.3. The Morgan fingerprint density at radius 1 is 1.18 bits per heavy atom. The maximum absolute atomic E-state index is 12.3. The van der Waals surface area contributed by atoms with E-state index in [0.29, 0.717) is 11.1 Å². The van der Waals surface area contributed by atoms with Gasteiger partial charge in [0.2, 0.25) is 0 Å². The molecule has 0 spiro atoms. The largest absolute Gasteiger partial charge is 0.348 e. The molecule has 118 valence electrons. The summed E-state index contributed by atoms with van der Waals surface area (Å²) < 4.78 is 0. The third kappa shape index (κ3) is 3.48. The fourth-order valence-corrected chi connectivity index (χ4v) is 2.86. The molecule has 0 saturated heterocycles. The number of fused-ring (bicyclic) bond motifs is 1. The topological polar surface area (TPSA) is 88.0 Å². The first kappa shape index (κ1) is 16.5. The Morgan fingerprint density at radius 2 is 1.86 bits per heavy atom. The number of pyridine rings is 1. The molecule has 0 atom stereocenters. The molecule has 5 nitrogen and oxygen atoms in total. The summed E-state index contributed by atoms with van der Waals surface area (Å²) in [5, 5.41) is 4.35. The first-order valence-corrected chi connectivity index (χ1v) is 7.32. The fourth-order valence-electron chi connectivity index (χ4n) is 2.86. The van der Waals surface area contributed by atoms with Crippen molar-refractivity contribution in [3.8, 4) is 0 Å². The Kier molecular flexibility index (Phi) is 5.21. The van der Waals surface area contributed by atoms with Gasteiger partial charge in [-0.1, -0.05) is 18.2 Å². The zero-order valence-electron chi connectivity index (χ0n) is 12.2. The van der Waals surface area contributed by atoms with E-state index >= 15 is 0 Å². The molecule has 1 aromatic carbocycles. The second kappa shape index (κ2) is 6.94. The van der Waals surface area contributed by atoms with Crippen molar-refractivity contribution in [1.29, 1.82) is 0 Å². The number of nitrogens with one attached hydrogen (secondary N) is 2. The number of aromatic nitrogens is 1. The van der Waals surface area contributed by atoms with Crippen LogP contribution in [0.3, 0.4) is 0 Å². The van der Waals surface area contributed by atoms with E-state index in [1.54, 1.807) is 12.1 Å². The lowest BCUT2D eigenvalue weighted by molar-refractivity contribution is 0.0920. The molecule has 1 amide bonds. The van der Waals surface area contributed by atoms with Crippen molar-refractivity contribution in [2.75, 3.05) is 0 Å². The van der Waals surface area contributed by atoms with Crippen molar-refractivity contribution >= 4 is 29.1 Å². The lowest BCUT2D eigenvalue weighted by Gasteiger charge is -2.26. The SMILES string of the molecule is Cl.NC1CCC(NC(=O)c2cc3ccccc3c(=O)[nH]2)CC1. The van der Waals surface area contributed by atoms with Gasteiger partial charge in [0, 0.05) is 17.5 Å². The highest BCUT2D eigenvalue weighted by atomic mass is 35.5. The van der Waals surface area contributed by atoms with Crippen LogP contribution in [-0.4, -0.2) is 23.0 Å². The molecule has 1 aliphatic carbocycles. The lowest BCUT2D eigenvalue weighted by atomic mass is 9.92. The predicted molar refractivity (Wildman–Crippen MR) is 89.5 cm³/mol. The van der Waals surface area contributed by atoms with Crippen molar-refractivity contribution in [3.05, 3.63) is 46.4 Å². The van der Waals surface area contributed by atoms with Gasteiger partial charge in [-0.2, -0.15) is 0 Å². The van der Waals surface area contributed by atoms with Crippen LogP contribution in [0.15, 0.2) is 35.1 Å². The van der Waals surface area contributed by atoms with Gasteiger partial charge in [0.25, 0.3) is 11.5 Å². The lowest BCUT2D eigenvalue weighted by Crippen LogP contribution is -2.41. The number of nitrogens with two attached hydrogens (primary N) is 1. The average molecular weight is 322 g/mol. The van der Waals surface area contributed by atoms with Crippen LogP contribution in [0.25, 0.3) is 10.8 Å². The summed E-state index contributed by atoms with van der Waals surface area (Å²) in [6, 6.07) is 9.36. The number of rotatable bonds is 2. The highest BCUT2D eigenvalue weighted by Crippen LogP contribution is 2.17. The van der Waals surface area contributed by atoms with Crippen molar-refractivity contribution in [3.63, 3.8) is 0 Å². The van der Waals surface area contributed by atoms with Gasteiger partial charge in [0.05, 0.1) is 0 Å². The maximum Gasteiger partial charge on any atom is 0.268 e. The second-order valence-electron chi connectivity index (χ2n) is 5.68. The van der Waals surface area contributed by atoms with Gasteiger partial charge >= 0.3 is 0 Å². The first-order valence-electron chi connectivity index (χ1n) is 7.32. The van der Waals surface area contributed by atoms with Gasteiger partial charge in [-0.25, -0.2) is 0 Å². The number of aromatic amines is 1. The van der Waals surface area contributed by atoms with Crippen molar-refractivity contribution < 1.29 is 4.79 Å². The Morgan fingerprint density at radius 3 is 2.59 bits per heavy atom. The van der Waals surface area contributed by atoms with Crippen LogP contribution in [0.5, 0.6) is 0 Å². The molecule has 0 bridgehead atoms. The van der Waals surface area contributed by atoms with Crippen molar-refractivity contribution in [2.24, 2.45) is 5.73 Å². The number of carbonyl (C=O) groups excluding carboxylic acids is 1. The van der Waals surface area contributed by atoms with Crippen LogP contribution in [-0.2, 0) is 0 Å². The number of benzene rings is 1. The van der Waals surface area contributed by atoms with Crippen LogP contribution < -0.4 is 16.6 Å². The summed E-state index contributed by atoms with van der Waals surface area (Å²) in [6.07, 6.45) is 3.65. The predicted octanol–water partition coefficient (Wildman–Crippen LogP) is 1.95. The first-order chi connectivity index (χ1) is 10.1. The van der Waals surface area contributed by atoms with E-state index in [9.17, 15) is 9.59 Å². The summed E-state index contributed by atoms with van der Waals surface area (Å²) >= 11 is 0. The van der Waals surface area contributed by atoms with E-state index in [4.69, 9.17) is 5.73 Å². The monoisotopic (exact) mass is 321 g/mol. The van der Waals surface area contributed by atoms with Crippen molar-refractivity contribution in [1.82, 2.24) is 10.3 Å². The zero-order chi connectivity index (χ0) is 14.8. The van der Waals surface area contributed by atoms with E-state index in [1.807, 2.05) is 18.2 Å². The van der Waals surface area contributed by atoms with Gasteiger partial charge in [-0.3, -0.25) is 9.59 Å². The minimum Gasteiger partial charge on any atom is -0.348 e. The summed E-state index contributed by atoms with van der Waals surface area (Å²) in [7, 11) is 0. The molecule has 1 saturated carbocycles. The minimum absolute atomic E-state index is 0. The van der Waals surface area contributed by atoms with Crippen LogP contribution in [0.2, 0.25) is 0 Å².